The summed E-state index contributed by atoms with van der Waals surface area (Å²) in [5.74, 6) is 1.76. The highest BCUT2D eigenvalue weighted by Gasteiger charge is 2.35. The number of rotatable bonds is 9. The lowest BCUT2D eigenvalue weighted by Gasteiger charge is -2.31. The van der Waals surface area contributed by atoms with Gasteiger partial charge in [-0.1, -0.05) is 46.8 Å². The van der Waals surface area contributed by atoms with Crippen molar-refractivity contribution in [1.29, 1.82) is 0 Å². The van der Waals surface area contributed by atoms with Gasteiger partial charge >= 0.3 is 10.1 Å². The summed E-state index contributed by atoms with van der Waals surface area (Å²) in [6.07, 6.45) is 2.62. The van der Waals surface area contributed by atoms with Crippen molar-refractivity contribution < 1.29 is 26.5 Å². The molecule has 0 unspecified atom stereocenters. The van der Waals surface area contributed by atoms with Crippen LogP contribution in [0.5, 0.6) is 11.5 Å². The van der Waals surface area contributed by atoms with E-state index in [-0.39, 0.29) is 23.6 Å². The zero-order valence-corrected chi connectivity index (χ0v) is 21.8. The lowest BCUT2D eigenvalue weighted by Crippen LogP contribution is -2.27. The summed E-state index contributed by atoms with van der Waals surface area (Å²) in [6.45, 7) is 11.9. The molecule has 0 bridgehead atoms. The van der Waals surface area contributed by atoms with E-state index < -0.39 is 15.5 Å². The van der Waals surface area contributed by atoms with Crippen LogP contribution in [-0.2, 0) is 20.3 Å². The molecule has 2 aromatic carbocycles. The molecular formula is C27H34O6S. The Morgan fingerprint density at radius 1 is 1.00 bits per heavy atom. The summed E-state index contributed by atoms with van der Waals surface area (Å²) >= 11 is 0. The van der Waals surface area contributed by atoms with Gasteiger partial charge in [0, 0.05) is 16.9 Å². The lowest BCUT2D eigenvalue weighted by molar-refractivity contribution is -0.128. The monoisotopic (exact) mass is 486 g/mol. The SMILES string of the molecule is CCC(CC)(c1ccc(OCC(=O)C(C)(C)C)c(C)c1)c1cc2ccc(OS(C)(=O)=O)cc2o1. The molecule has 0 aliphatic rings. The first-order valence-electron chi connectivity index (χ1n) is 11.5. The number of fused-ring (bicyclic) bond motifs is 1. The van der Waals surface area contributed by atoms with E-state index in [4.69, 9.17) is 13.3 Å². The zero-order chi connectivity index (χ0) is 25.3. The maximum Gasteiger partial charge on any atom is 0.306 e. The normalized spacial score (nSPS) is 12.7. The van der Waals surface area contributed by atoms with Crippen LogP contribution in [-0.4, -0.2) is 27.1 Å². The predicted molar refractivity (Wildman–Crippen MR) is 134 cm³/mol. The van der Waals surface area contributed by atoms with Crippen LogP contribution in [0, 0.1) is 12.3 Å². The van der Waals surface area contributed by atoms with Gasteiger partial charge in [0.15, 0.2) is 5.78 Å². The Morgan fingerprint density at radius 3 is 2.24 bits per heavy atom. The molecule has 0 aliphatic heterocycles. The molecule has 0 spiro atoms. The van der Waals surface area contributed by atoms with Crippen LogP contribution in [0.15, 0.2) is 46.9 Å². The van der Waals surface area contributed by atoms with E-state index in [2.05, 4.69) is 19.9 Å². The van der Waals surface area contributed by atoms with Gasteiger partial charge < -0.3 is 13.3 Å². The highest BCUT2D eigenvalue weighted by Crippen LogP contribution is 2.43. The van der Waals surface area contributed by atoms with Crippen molar-refractivity contribution in [3.8, 4) is 11.5 Å². The van der Waals surface area contributed by atoms with Crippen molar-refractivity contribution in [2.24, 2.45) is 5.41 Å². The molecule has 184 valence electrons. The molecule has 0 saturated carbocycles. The van der Waals surface area contributed by atoms with Crippen LogP contribution in [0.2, 0.25) is 0 Å². The van der Waals surface area contributed by atoms with Crippen LogP contribution >= 0.6 is 0 Å². The molecule has 0 aliphatic carbocycles. The first kappa shape index (κ1) is 25.8. The van der Waals surface area contributed by atoms with Crippen molar-refractivity contribution in [3.05, 3.63) is 59.4 Å². The highest BCUT2D eigenvalue weighted by molar-refractivity contribution is 7.86. The van der Waals surface area contributed by atoms with Crippen molar-refractivity contribution >= 4 is 26.9 Å². The minimum Gasteiger partial charge on any atom is -0.486 e. The van der Waals surface area contributed by atoms with E-state index in [1.165, 1.54) is 0 Å². The van der Waals surface area contributed by atoms with Crippen molar-refractivity contribution in [3.63, 3.8) is 0 Å². The Morgan fingerprint density at radius 2 is 1.68 bits per heavy atom. The largest absolute Gasteiger partial charge is 0.486 e. The fourth-order valence-corrected chi connectivity index (χ4v) is 4.54. The highest BCUT2D eigenvalue weighted by atomic mass is 32.2. The van der Waals surface area contributed by atoms with Gasteiger partial charge in [0.25, 0.3) is 0 Å². The summed E-state index contributed by atoms with van der Waals surface area (Å²) in [7, 11) is -3.62. The smallest absolute Gasteiger partial charge is 0.306 e. The van der Waals surface area contributed by atoms with Gasteiger partial charge in [0.1, 0.15) is 29.4 Å². The number of carbonyl (C=O) groups is 1. The summed E-state index contributed by atoms with van der Waals surface area (Å²) < 4.78 is 40.1. The third-order valence-corrected chi connectivity index (χ3v) is 6.84. The fourth-order valence-electron chi connectivity index (χ4n) is 4.09. The molecule has 3 rings (SSSR count). The molecule has 1 heterocycles. The number of furan rings is 1. The Hall–Kier alpha value is -2.80. The van der Waals surface area contributed by atoms with E-state index in [9.17, 15) is 13.2 Å². The second kappa shape index (κ2) is 9.45. The third-order valence-electron chi connectivity index (χ3n) is 6.34. The van der Waals surface area contributed by atoms with Crippen LogP contribution in [0.4, 0.5) is 0 Å². The number of ether oxygens (including phenoxy) is 1. The Kier molecular flexibility index (Phi) is 7.18. The molecule has 0 N–H and O–H groups in total. The molecule has 34 heavy (non-hydrogen) atoms. The predicted octanol–water partition coefficient (Wildman–Crippen LogP) is 6.18. The van der Waals surface area contributed by atoms with Crippen LogP contribution in [0.3, 0.4) is 0 Å². The standard InChI is InChI=1S/C27H34O6S/c1-8-27(9-2,20-11-13-22(18(3)14-20)31-17-24(28)26(4,5)6)25-15-19-10-12-21(16-23(19)32-25)33-34(7,29)30/h10-16H,8-9,17H2,1-7H3. The maximum absolute atomic E-state index is 12.3. The van der Waals surface area contributed by atoms with E-state index in [1.54, 1.807) is 18.2 Å². The average molecular weight is 487 g/mol. The molecule has 0 saturated heterocycles. The number of hydrogen-bond acceptors (Lipinski definition) is 6. The number of aryl methyl sites for hydroxylation is 1. The Bertz CT molecular complexity index is 1290. The second-order valence-electron chi connectivity index (χ2n) is 9.83. The van der Waals surface area contributed by atoms with Gasteiger partial charge in [-0.15, -0.1) is 0 Å². The topological polar surface area (TPSA) is 82.8 Å². The number of hydrogen-bond donors (Lipinski definition) is 0. The summed E-state index contributed by atoms with van der Waals surface area (Å²) in [4.78, 5) is 12.3. The first-order valence-corrected chi connectivity index (χ1v) is 13.3. The van der Waals surface area contributed by atoms with Gasteiger partial charge in [0.2, 0.25) is 0 Å². The number of ketones is 1. The van der Waals surface area contributed by atoms with Crippen molar-refractivity contribution in [1.82, 2.24) is 0 Å². The zero-order valence-electron chi connectivity index (χ0n) is 21.0. The van der Waals surface area contributed by atoms with Crippen LogP contribution < -0.4 is 8.92 Å². The lowest BCUT2D eigenvalue weighted by atomic mass is 9.73. The first-order chi connectivity index (χ1) is 15.8. The molecule has 0 amide bonds. The van der Waals surface area contributed by atoms with E-state index in [1.807, 2.05) is 45.9 Å². The van der Waals surface area contributed by atoms with Gasteiger partial charge in [-0.05, 0) is 55.2 Å². The minimum atomic E-state index is -3.62. The third kappa shape index (κ3) is 5.46. The fraction of sp³-hybridized carbons (Fsp3) is 0.444. The van der Waals surface area contributed by atoms with Crippen molar-refractivity contribution in [2.45, 2.75) is 59.8 Å². The van der Waals surface area contributed by atoms with E-state index >= 15 is 0 Å². The van der Waals surface area contributed by atoms with Crippen LogP contribution in [0.25, 0.3) is 11.0 Å². The van der Waals surface area contributed by atoms with Gasteiger partial charge in [0.05, 0.1) is 11.7 Å². The number of carbonyl (C=O) groups excluding carboxylic acids is 1. The summed E-state index contributed by atoms with van der Waals surface area (Å²) in [5, 5.41) is 0.875. The average Bonchev–Trinajstić information content (AvgIpc) is 3.16. The Balaban J connectivity index is 1.96. The molecule has 3 aromatic rings. The molecule has 0 fully saturated rings. The number of Topliss-reactive ketones (excluding diaryl/α,β-unsaturated/α-hetero) is 1. The van der Waals surface area contributed by atoms with Gasteiger partial charge in [-0.3, -0.25) is 4.79 Å². The quantitative estimate of drug-likeness (QED) is 0.336. The van der Waals surface area contributed by atoms with Crippen molar-refractivity contribution in [2.75, 3.05) is 12.9 Å². The molecule has 1 aromatic heterocycles. The van der Waals surface area contributed by atoms with E-state index in [0.717, 1.165) is 41.4 Å². The Labute approximate surface area is 202 Å². The maximum atomic E-state index is 12.3. The molecule has 6 nitrogen and oxygen atoms in total. The molecule has 7 heteroatoms. The molecular weight excluding hydrogens is 452 g/mol. The summed E-state index contributed by atoms with van der Waals surface area (Å²) in [5.41, 5.74) is 1.80. The van der Waals surface area contributed by atoms with Crippen LogP contribution in [0.1, 0.15) is 64.3 Å². The van der Waals surface area contributed by atoms with Gasteiger partial charge in [-0.2, -0.15) is 8.42 Å². The molecule has 0 radical (unpaired) electrons. The number of benzene rings is 2. The van der Waals surface area contributed by atoms with Gasteiger partial charge in [-0.25, -0.2) is 0 Å². The van der Waals surface area contributed by atoms with E-state index in [0.29, 0.717) is 11.3 Å². The minimum absolute atomic E-state index is 0.0395. The summed E-state index contributed by atoms with van der Waals surface area (Å²) in [6, 6.07) is 13.1. The second-order valence-corrected chi connectivity index (χ2v) is 11.4. The molecule has 0 atom stereocenters.